The molecule has 5 heteroatoms. The summed E-state index contributed by atoms with van der Waals surface area (Å²) in [6, 6.07) is 5.50. The van der Waals surface area contributed by atoms with Crippen LogP contribution in [0.2, 0.25) is 0 Å². The summed E-state index contributed by atoms with van der Waals surface area (Å²) in [4.78, 5) is 11.0. The van der Waals surface area contributed by atoms with E-state index in [1.165, 1.54) is 5.56 Å². The quantitative estimate of drug-likeness (QED) is 0.867. The molecule has 0 aromatic heterocycles. The van der Waals surface area contributed by atoms with Crippen molar-refractivity contribution < 1.29 is 14.3 Å². The lowest BCUT2D eigenvalue weighted by Gasteiger charge is -2.30. The first kappa shape index (κ1) is 14.5. The second-order valence-corrected chi connectivity index (χ2v) is 5.28. The van der Waals surface area contributed by atoms with Gasteiger partial charge in [-0.2, -0.15) is 0 Å². The summed E-state index contributed by atoms with van der Waals surface area (Å²) in [5.41, 5.74) is 6.34. The number of nitrogens with one attached hydrogen (secondary N) is 1. The molecule has 0 spiro atoms. The zero-order chi connectivity index (χ0) is 14.6. The smallest absolute Gasteiger partial charge is 0.312 e. The van der Waals surface area contributed by atoms with Crippen LogP contribution in [-0.2, 0) is 5.41 Å². The van der Waals surface area contributed by atoms with Crippen LogP contribution >= 0.6 is 0 Å². The molecule has 0 aliphatic heterocycles. The highest BCUT2D eigenvalue weighted by molar-refractivity contribution is 5.71. The minimum absolute atomic E-state index is 0.0470. The van der Waals surface area contributed by atoms with Crippen molar-refractivity contribution in [1.29, 1.82) is 0 Å². The molecule has 3 N–H and O–H groups in total. The largest absolute Gasteiger partial charge is 0.493 e. The van der Waals surface area contributed by atoms with Crippen molar-refractivity contribution in [2.45, 2.75) is 31.1 Å². The Morgan fingerprint density at radius 2 is 1.90 bits per heavy atom. The normalized spacial score (nSPS) is 16.7. The third-order valence-electron chi connectivity index (χ3n) is 4.16. The van der Waals surface area contributed by atoms with Gasteiger partial charge in [0.2, 0.25) is 0 Å². The van der Waals surface area contributed by atoms with Crippen LogP contribution in [0.3, 0.4) is 0 Å². The van der Waals surface area contributed by atoms with Crippen molar-refractivity contribution in [3.8, 4) is 11.5 Å². The van der Waals surface area contributed by atoms with Gasteiger partial charge in [-0.15, -0.1) is 0 Å². The van der Waals surface area contributed by atoms with Gasteiger partial charge >= 0.3 is 6.03 Å². The standard InChI is InChI=1S/C15H22N2O3/c1-19-12-6-5-11(9-13(12)20-2)15(7-3-4-8-15)10-17-14(16)18/h5-6,9H,3-4,7-8,10H2,1-2H3,(H3,16,17,18). The summed E-state index contributed by atoms with van der Waals surface area (Å²) < 4.78 is 10.6. The maximum atomic E-state index is 11.0. The third kappa shape index (κ3) is 2.81. The highest BCUT2D eigenvalue weighted by Gasteiger charge is 2.36. The maximum Gasteiger partial charge on any atom is 0.312 e. The van der Waals surface area contributed by atoms with Crippen molar-refractivity contribution in [3.05, 3.63) is 23.8 Å². The van der Waals surface area contributed by atoms with Gasteiger partial charge in [0.15, 0.2) is 11.5 Å². The molecule has 1 aliphatic carbocycles. The molecule has 20 heavy (non-hydrogen) atoms. The van der Waals surface area contributed by atoms with E-state index in [4.69, 9.17) is 15.2 Å². The van der Waals surface area contributed by atoms with Gasteiger partial charge < -0.3 is 20.5 Å². The molecule has 1 aromatic carbocycles. The lowest BCUT2D eigenvalue weighted by atomic mass is 9.78. The van der Waals surface area contributed by atoms with E-state index in [-0.39, 0.29) is 5.41 Å². The summed E-state index contributed by atoms with van der Waals surface area (Å²) in [5, 5.41) is 2.76. The van der Waals surface area contributed by atoms with Crippen LogP contribution in [0.15, 0.2) is 18.2 Å². The number of nitrogens with two attached hydrogens (primary N) is 1. The van der Waals surface area contributed by atoms with Crippen LogP contribution in [0.5, 0.6) is 11.5 Å². The van der Waals surface area contributed by atoms with Gasteiger partial charge in [-0.1, -0.05) is 18.9 Å². The molecular formula is C15H22N2O3. The lowest BCUT2D eigenvalue weighted by Crippen LogP contribution is -2.41. The first-order chi connectivity index (χ1) is 9.61. The van der Waals surface area contributed by atoms with Crippen LogP contribution in [0, 0.1) is 0 Å². The van der Waals surface area contributed by atoms with E-state index in [2.05, 4.69) is 11.4 Å². The Morgan fingerprint density at radius 1 is 1.25 bits per heavy atom. The summed E-state index contributed by atoms with van der Waals surface area (Å²) >= 11 is 0. The van der Waals surface area contributed by atoms with Gasteiger partial charge in [-0.05, 0) is 30.5 Å². The SMILES string of the molecule is COc1ccc(C2(CNC(N)=O)CCCC2)cc1OC. The molecule has 2 amide bonds. The Bertz CT molecular complexity index is 482. The van der Waals surface area contributed by atoms with Crippen LogP contribution in [0.25, 0.3) is 0 Å². The van der Waals surface area contributed by atoms with Crippen molar-refractivity contribution in [1.82, 2.24) is 5.32 Å². The second kappa shape index (κ2) is 6.03. The number of benzene rings is 1. The summed E-state index contributed by atoms with van der Waals surface area (Å²) in [6.45, 7) is 0.567. The van der Waals surface area contributed by atoms with E-state index in [9.17, 15) is 4.79 Å². The number of hydrogen-bond acceptors (Lipinski definition) is 3. The zero-order valence-corrected chi connectivity index (χ0v) is 12.1. The van der Waals surface area contributed by atoms with E-state index in [1.807, 2.05) is 12.1 Å². The predicted octanol–water partition coefficient (Wildman–Crippen LogP) is 2.18. The van der Waals surface area contributed by atoms with E-state index < -0.39 is 6.03 Å². The van der Waals surface area contributed by atoms with Gasteiger partial charge in [-0.3, -0.25) is 0 Å². The molecule has 1 saturated carbocycles. The van der Waals surface area contributed by atoms with E-state index >= 15 is 0 Å². The summed E-state index contributed by atoms with van der Waals surface area (Å²) in [7, 11) is 3.25. The molecule has 0 atom stereocenters. The first-order valence-corrected chi connectivity index (χ1v) is 6.87. The molecule has 0 heterocycles. The number of amides is 2. The topological polar surface area (TPSA) is 73.6 Å². The molecular weight excluding hydrogens is 256 g/mol. The molecule has 0 bridgehead atoms. The van der Waals surface area contributed by atoms with E-state index in [0.717, 1.165) is 31.4 Å². The predicted molar refractivity (Wildman–Crippen MR) is 77.3 cm³/mol. The molecule has 1 aliphatic rings. The van der Waals surface area contributed by atoms with Gasteiger partial charge in [-0.25, -0.2) is 4.79 Å². The number of ether oxygens (including phenoxy) is 2. The lowest BCUT2D eigenvalue weighted by molar-refractivity contribution is 0.245. The van der Waals surface area contributed by atoms with Crippen LogP contribution < -0.4 is 20.5 Å². The number of rotatable bonds is 5. The zero-order valence-electron chi connectivity index (χ0n) is 12.1. The highest BCUT2D eigenvalue weighted by atomic mass is 16.5. The molecule has 0 radical (unpaired) electrons. The maximum absolute atomic E-state index is 11.0. The minimum Gasteiger partial charge on any atom is -0.493 e. The van der Waals surface area contributed by atoms with Crippen molar-refractivity contribution >= 4 is 6.03 Å². The first-order valence-electron chi connectivity index (χ1n) is 6.87. The average Bonchev–Trinajstić information content (AvgIpc) is 2.94. The van der Waals surface area contributed by atoms with Crippen molar-refractivity contribution in [2.75, 3.05) is 20.8 Å². The van der Waals surface area contributed by atoms with Crippen LogP contribution in [-0.4, -0.2) is 26.8 Å². The highest BCUT2D eigenvalue weighted by Crippen LogP contribution is 2.43. The fraction of sp³-hybridized carbons (Fsp3) is 0.533. The molecule has 0 saturated heterocycles. The molecule has 1 fully saturated rings. The Morgan fingerprint density at radius 3 is 2.45 bits per heavy atom. The number of hydrogen-bond donors (Lipinski definition) is 2. The monoisotopic (exact) mass is 278 g/mol. The molecule has 0 unspecified atom stereocenters. The van der Waals surface area contributed by atoms with Crippen molar-refractivity contribution in [3.63, 3.8) is 0 Å². The van der Waals surface area contributed by atoms with E-state index in [0.29, 0.717) is 12.3 Å². The molecule has 1 aromatic rings. The van der Waals surface area contributed by atoms with Gasteiger partial charge in [0.05, 0.1) is 14.2 Å². The number of carbonyl (C=O) groups is 1. The van der Waals surface area contributed by atoms with Gasteiger partial charge in [0.25, 0.3) is 0 Å². The fourth-order valence-corrected chi connectivity index (χ4v) is 3.04. The van der Waals surface area contributed by atoms with Crippen LogP contribution in [0.1, 0.15) is 31.2 Å². The molecule has 5 nitrogen and oxygen atoms in total. The number of carbonyl (C=O) groups excluding carboxylic acids is 1. The Hall–Kier alpha value is -1.91. The third-order valence-corrected chi connectivity index (χ3v) is 4.16. The molecule has 110 valence electrons. The van der Waals surface area contributed by atoms with Gasteiger partial charge in [0.1, 0.15) is 0 Å². The summed E-state index contributed by atoms with van der Waals surface area (Å²) in [6.07, 6.45) is 4.41. The van der Waals surface area contributed by atoms with Crippen LogP contribution in [0.4, 0.5) is 4.79 Å². The molecule has 2 rings (SSSR count). The fourth-order valence-electron chi connectivity index (χ4n) is 3.04. The number of urea groups is 1. The van der Waals surface area contributed by atoms with Crippen molar-refractivity contribution in [2.24, 2.45) is 5.73 Å². The average molecular weight is 278 g/mol. The Labute approximate surface area is 119 Å². The van der Waals surface area contributed by atoms with Gasteiger partial charge in [0, 0.05) is 12.0 Å². The number of methoxy groups -OCH3 is 2. The number of primary amides is 1. The Kier molecular flexibility index (Phi) is 4.37. The van der Waals surface area contributed by atoms with E-state index in [1.54, 1.807) is 14.2 Å². The minimum atomic E-state index is -0.475. The Balaban J connectivity index is 2.31. The summed E-state index contributed by atoms with van der Waals surface area (Å²) in [5.74, 6) is 1.43. The second-order valence-electron chi connectivity index (χ2n) is 5.28.